The number of piperidine rings is 1. The van der Waals surface area contributed by atoms with Gasteiger partial charge in [0.15, 0.2) is 5.65 Å². The number of hydrogen-bond donors (Lipinski definition) is 2. The Morgan fingerprint density at radius 3 is 2.61 bits per heavy atom. The summed E-state index contributed by atoms with van der Waals surface area (Å²) >= 11 is 0. The molecule has 2 aromatic carbocycles. The summed E-state index contributed by atoms with van der Waals surface area (Å²) in [6.45, 7) is 0.576. The molecule has 2 N–H and O–H groups in total. The minimum absolute atomic E-state index is 0.160. The van der Waals surface area contributed by atoms with Crippen molar-refractivity contribution >= 4 is 23.2 Å². The number of nitriles is 1. The van der Waals surface area contributed by atoms with Gasteiger partial charge in [0.05, 0.1) is 11.6 Å². The van der Waals surface area contributed by atoms with Crippen LogP contribution in [0.3, 0.4) is 0 Å². The quantitative estimate of drug-likeness (QED) is 0.500. The van der Waals surface area contributed by atoms with Gasteiger partial charge in [-0.05, 0) is 73.4 Å². The third-order valence-electron chi connectivity index (χ3n) is 5.81. The zero-order valence-corrected chi connectivity index (χ0v) is 17.8. The molecule has 1 fully saturated rings. The molecule has 5 rings (SSSR count). The van der Waals surface area contributed by atoms with Crippen LogP contribution >= 0.6 is 0 Å². The monoisotopic (exact) mass is 438 g/mol. The lowest BCUT2D eigenvalue weighted by atomic mass is 10.1. The summed E-state index contributed by atoms with van der Waals surface area (Å²) in [6, 6.07) is 20.4. The van der Waals surface area contributed by atoms with Crippen molar-refractivity contribution in [2.75, 3.05) is 11.9 Å². The van der Waals surface area contributed by atoms with E-state index < -0.39 is 6.23 Å². The molecule has 1 amide bonds. The number of nitrogens with zero attached hydrogens (tertiary/aromatic N) is 5. The molecule has 8 nitrogen and oxygen atoms in total. The number of benzene rings is 2. The summed E-state index contributed by atoms with van der Waals surface area (Å²) in [5, 5.41) is 26.8. The smallest absolute Gasteiger partial charge is 0.255 e. The van der Waals surface area contributed by atoms with Crippen molar-refractivity contribution in [3.63, 3.8) is 0 Å². The minimum Gasteiger partial charge on any atom is -0.374 e. The lowest BCUT2D eigenvalue weighted by molar-refractivity contribution is -0.0120. The maximum absolute atomic E-state index is 12.7. The SMILES string of the molecule is N#Cc1ccc(-c2cccn3nc(Nc4ccc(C(=O)N5CCCCC5O)cc4)nc23)cc1. The molecule has 4 aromatic rings. The van der Waals surface area contributed by atoms with Gasteiger partial charge in [-0.1, -0.05) is 12.1 Å². The van der Waals surface area contributed by atoms with Gasteiger partial charge in [0, 0.05) is 29.6 Å². The Bertz CT molecular complexity index is 1340. The van der Waals surface area contributed by atoms with E-state index in [0.717, 1.165) is 29.7 Å². The van der Waals surface area contributed by atoms with E-state index in [-0.39, 0.29) is 5.91 Å². The van der Waals surface area contributed by atoms with Gasteiger partial charge in [0.1, 0.15) is 6.23 Å². The summed E-state index contributed by atoms with van der Waals surface area (Å²) in [4.78, 5) is 18.9. The molecular weight excluding hydrogens is 416 g/mol. The lowest BCUT2D eigenvalue weighted by Crippen LogP contribution is -2.43. The Balaban J connectivity index is 1.36. The van der Waals surface area contributed by atoms with E-state index in [9.17, 15) is 9.90 Å². The number of anilines is 2. The molecule has 0 radical (unpaired) electrons. The molecule has 8 heteroatoms. The minimum atomic E-state index is -0.712. The van der Waals surface area contributed by atoms with Crippen molar-refractivity contribution in [3.05, 3.63) is 78.0 Å². The molecule has 3 heterocycles. The predicted octanol–water partition coefficient (Wildman–Crippen LogP) is 3.96. The third kappa shape index (κ3) is 4.14. The Kier molecular flexibility index (Phi) is 5.47. The first-order chi connectivity index (χ1) is 16.1. The van der Waals surface area contributed by atoms with E-state index in [0.29, 0.717) is 35.7 Å². The van der Waals surface area contributed by atoms with Crippen LogP contribution in [0, 0.1) is 11.3 Å². The van der Waals surface area contributed by atoms with Crippen molar-refractivity contribution in [2.24, 2.45) is 0 Å². The summed E-state index contributed by atoms with van der Waals surface area (Å²) < 4.78 is 1.70. The number of rotatable bonds is 4. The van der Waals surface area contributed by atoms with Crippen molar-refractivity contribution in [1.82, 2.24) is 19.5 Å². The average Bonchev–Trinajstić information content (AvgIpc) is 3.27. The van der Waals surface area contributed by atoms with Crippen molar-refractivity contribution in [1.29, 1.82) is 5.26 Å². The van der Waals surface area contributed by atoms with Crippen molar-refractivity contribution in [2.45, 2.75) is 25.5 Å². The second kappa shape index (κ2) is 8.73. The molecule has 164 valence electrons. The Morgan fingerprint density at radius 1 is 1.09 bits per heavy atom. The van der Waals surface area contributed by atoms with Crippen LogP contribution in [0.5, 0.6) is 0 Å². The fourth-order valence-corrected chi connectivity index (χ4v) is 4.05. The van der Waals surface area contributed by atoms with Crippen LogP contribution in [0.25, 0.3) is 16.8 Å². The van der Waals surface area contributed by atoms with Crippen LogP contribution in [-0.4, -0.2) is 43.3 Å². The van der Waals surface area contributed by atoms with Crippen molar-refractivity contribution < 1.29 is 9.90 Å². The number of fused-ring (bicyclic) bond motifs is 1. The zero-order chi connectivity index (χ0) is 22.8. The number of carbonyl (C=O) groups is 1. The summed E-state index contributed by atoms with van der Waals surface area (Å²) in [7, 11) is 0. The largest absolute Gasteiger partial charge is 0.374 e. The van der Waals surface area contributed by atoms with Crippen LogP contribution in [0.2, 0.25) is 0 Å². The molecule has 0 bridgehead atoms. The highest BCUT2D eigenvalue weighted by Gasteiger charge is 2.25. The molecule has 0 spiro atoms. The van der Waals surface area contributed by atoms with E-state index >= 15 is 0 Å². The number of aliphatic hydroxyl groups excluding tert-OH is 1. The molecule has 33 heavy (non-hydrogen) atoms. The van der Waals surface area contributed by atoms with Crippen LogP contribution in [0.4, 0.5) is 11.6 Å². The van der Waals surface area contributed by atoms with Crippen molar-refractivity contribution in [3.8, 4) is 17.2 Å². The number of carbonyl (C=O) groups excluding carboxylic acids is 1. The number of likely N-dealkylation sites (tertiary alicyclic amines) is 1. The van der Waals surface area contributed by atoms with Gasteiger partial charge in [-0.2, -0.15) is 10.2 Å². The average molecular weight is 438 g/mol. The second-order valence-corrected chi connectivity index (χ2v) is 7.99. The van der Waals surface area contributed by atoms with Gasteiger partial charge in [-0.3, -0.25) is 4.79 Å². The van der Waals surface area contributed by atoms with Crippen LogP contribution in [-0.2, 0) is 0 Å². The van der Waals surface area contributed by atoms with E-state index in [1.807, 2.05) is 30.5 Å². The van der Waals surface area contributed by atoms with E-state index in [1.54, 1.807) is 40.9 Å². The number of aliphatic hydroxyl groups is 1. The van der Waals surface area contributed by atoms with Gasteiger partial charge >= 0.3 is 0 Å². The number of aromatic nitrogens is 3. The van der Waals surface area contributed by atoms with E-state index in [1.165, 1.54) is 4.90 Å². The lowest BCUT2D eigenvalue weighted by Gasteiger charge is -2.32. The van der Waals surface area contributed by atoms with Gasteiger partial charge in [0.2, 0.25) is 5.95 Å². The first-order valence-corrected chi connectivity index (χ1v) is 10.8. The number of amides is 1. The Morgan fingerprint density at radius 2 is 1.88 bits per heavy atom. The van der Waals surface area contributed by atoms with Crippen LogP contribution in [0.15, 0.2) is 66.9 Å². The third-order valence-corrected chi connectivity index (χ3v) is 5.81. The van der Waals surface area contributed by atoms with Gasteiger partial charge in [0.25, 0.3) is 5.91 Å². The maximum Gasteiger partial charge on any atom is 0.255 e. The van der Waals surface area contributed by atoms with E-state index in [2.05, 4.69) is 21.5 Å². The highest BCUT2D eigenvalue weighted by Crippen LogP contribution is 2.26. The maximum atomic E-state index is 12.7. The van der Waals surface area contributed by atoms with E-state index in [4.69, 9.17) is 5.26 Å². The standard InChI is InChI=1S/C25H22N6O2/c26-16-17-6-8-18(9-7-17)21-4-3-15-31-23(21)28-25(29-31)27-20-12-10-19(11-13-20)24(33)30-14-2-1-5-22(30)32/h3-4,6-13,15,22,32H,1-2,5,14H2,(H,27,29). The molecule has 1 unspecified atom stereocenters. The summed E-state index contributed by atoms with van der Waals surface area (Å²) in [5.74, 6) is 0.272. The topological polar surface area (TPSA) is 107 Å². The Hall–Kier alpha value is -4.22. The van der Waals surface area contributed by atoms with Gasteiger partial charge in [-0.25, -0.2) is 4.52 Å². The number of nitrogens with one attached hydrogen (secondary N) is 1. The molecule has 1 aliphatic rings. The van der Waals surface area contributed by atoms with Crippen LogP contribution < -0.4 is 5.32 Å². The molecule has 2 aromatic heterocycles. The molecule has 1 aliphatic heterocycles. The summed E-state index contributed by atoms with van der Waals surface area (Å²) in [6.07, 6.45) is 3.58. The molecule has 0 saturated carbocycles. The summed E-state index contributed by atoms with van der Waals surface area (Å²) in [5.41, 5.74) is 4.43. The molecule has 0 aliphatic carbocycles. The second-order valence-electron chi connectivity index (χ2n) is 7.99. The van der Waals surface area contributed by atoms with Crippen LogP contribution in [0.1, 0.15) is 35.2 Å². The highest BCUT2D eigenvalue weighted by atomic mass is 16.3. The molecule has 1 atom stereocenters. The van der Waals surface area contributed by atoms with Gasteiger partial charge < -0.3 is 15.3 Å². The normalized spacial score (nSPS) is 15.9. The van der Waals surface area contributed by atoms with Gasteiger partial charge in [-0.15, -0.1) is 5.10 Å². The predicted molar refractivity (Wildman–Crippen MR) is 124 cm³/mol. The Labute approximate surface area is 190 Å². The fraction of sp³-hybridized carbons (Fsp3) is 0.200. The highest BCUT2D eigenvalue weighted by molar-refractivity contribution is 5.94. The molecular formula is C25H22N6O2. The number of hydrogen-bond acceptors (Lipinski definition) is 6. The fourth-order valence-electron chi connectivity index (χ4n) is 4.05. The zero-order valence-electron chi connectivity index (χ0n) is 17.8. The number of pyridine rings is 1. The first kappa shape index (κ1) is 20.7. The molecule has 1 saturated heterocycles. The first-order valence-electron chi connectivity index (χ1n) is 10.8.